The van der Waals surface area contributed by atoms with Crippen LogP contribution >= 0.6 is 0 Å². The molecule has 0 spiro atoms. The highest BCUT2D eigenvalue weighted by atomic mass is 16.5. The topological polar surface area (TPSA) is 50.8 Å². The van der Waals surface area contributed by atoms with Crippen molar-refractivity contribution in [2.24, 2.45) is 0 Å². The highest BCUT2D eigenvalue weighted by Crippen LogP contribution is 2.34. The van der Waals surface area contributed by atoms with Crippen molar-refractivity contribution < 1.29 is 14.3 Å². The van der Waals surface area contributed by atoms with Crippen molar-refractivity contribution in [1.82, 2.24) is 10.2 Å². The van der Waals surface area contributed by atoms with Crippen molar-refractivity contribution in [2.75, 3.05) is 46.6 Å². The van der Waals surface area contributed by atoms with E-state index in [1.807, 2.05) is 17.0 Å². The largest absolute Gasteiger partial charge is 0.383 e. The number of hydrogen-bond donors (Lipinski definition) is 1. The van der Waals surface area contributed by atoms with Gasteiger partial charge in [0.25, 0.3) is 0 Å². The fourth-order valence-electron chi connectivity index (χ4n) is 4.11. The average Bonchev–Trinajstić information content (AvgIpc) is 2.81. The quantitative estimate of drug-likeness (QED) is 0.643. The van der Waals surface area contributed by atoms with E-state index < -0.39 is 0 Å². The first kappa shape index (κ1) is 22.3. The number of nitrogens with one attached hydrogen (secondary N) is 1. The Kier molecular flexibility index (Phi) is 8.72. The first-order valence-electron chi connectivity index (χ1n) is 10.9. The number of carbonyl (C=O) groups excluding carboxylic acids is 1. The van der Waals surface area contributed by atoms with Crippen LogP contribution in [-0.2, 0) is 21.3 Å². The van der Waals surface area contributed by atoms with Crippen LogP contribution in [-0.4, -0.2) is 57.5 Å². The molecule has 0 saturated carbocycles. The number of hydrogen-bond acceptors (Lipinski definition) is 3. The summed E-state index contributed by atoms with van der Waals surface area (Å²) in [6, 6.07) is 20.9. The van der Waals surface area contributed by atoms with Gasteiger partial charge < -0.3 is 19.7 Å². The van der Waals surface area contributed by atoms with Crippen molar-refractivity contribution in [2.45, 2.75) is 31.1 Å². The molecule has 1 aliphatic heterocycles. The predicted octanol–water partition coefficient (Wildman–Crippen LogP) is 4.03. The maximum Gasteiger partial charge on any atom is 0.317 e. The molecule has 0 aromatic heterocycles. The van der Waals surface area contributed by atoms with Crippen LogP contribution in [0.3, 0.4) is 0 Å². The van der Waals surface area contributed by atoms with Crippen LogP contribution < -0.4 is 5.32 Å². The van der Waals surface area contributed by atoms with E-state index in [9.17, 15) is 4.79 Å². The van der Waals surface area contributed by atoms with Crippen molar-refractivity contribution in [1.29, 1.82) is 0 Å². The van der Waals surface area contributed by atoms with E-state index in [-0.39, 0.29) is 11.4 Å². The minimum atomic E-state index is -0.0634. The van der Waals surface area contributed by atoms with E-state index in [0.29, 0.717) is 26.2 Å². The molecule has 0 unspecified atom stereocenters. The number of benzene rings is 2. The molecule has 2 amide bonds. The van der Waals surface area contributed by atoms with Gasteiger partial charge in [0.05, 0.1) is 6.61 Å². The zero-order valence-electron chi connectivity index (χ0n) is 18.0. The Morgan fingerprint density at radius 1 is 1.03 bits per heavy atom. The number of amides is 2. The summed E-state index contributed by atoms with van der Waals surface area (Å²) in [5.74, 6) is 0. The highest BCUT2D eigenvalue weighted by molar-refractivity contribution is 5.74. The van der Waals surface area contributed by atoms with Crippen LogP contribution in [0.25, 0.3) is 0 Å². The Labute approximate surface area is 180 Å². The van der Waals surface area contributed by atoms with Crippen molar-refractivity contribution in [3.8, 4) is 0 Å². The summed E-state index contributed by atoms with van der Waals surface area (Å²) < 4.78 is 10.8. The van der Waals surface area contributed by atoms with Gasteiger partial charge in [-0.2, -0.15) is 0 Å². The highest BCUT2D eigenvalue weighted by Gasteiger charge is 2.35. The van der Waals surface area contributed by atoms with E-state index in [1.165, 1.54) is 11.1 Å². The summed E-state index contributed by atoms with van der Waals surface area (Å²) in [7, 11) is 1.67. The molecule has 1 aliphatic rings. The van der Waals surface area contributed by atoms with Crippen molar-refractivity contribution in [3.05, 3.63) is 71.8 Å². The molecule has 0 bridgehead atoms. The molecular formula is C25H34N2O3. The van der Waals surface area contributed by atoms with Crippen LogP contribution in [0.5, 0.6) is 0 Å². The fraction of sp³-hybridized carbons (Fsp3) is 0.480. The second-order valence-corrected chi connectivity index (χ2v) is 7.99. The maximum atomic E-state index is 13.0. The molecule has 0 radical (unpaired) electrons. The molecule has 2 aromatic rings. The minimum absolute atomic E-state index is 0.0121. The Hall–Kier alpha value is -2.37. The molecule has 5 heteroatoms. The van der Waals surface area contributed by atoms with Gasteiger partial charge in [0.15, 0.2) is 0 Å². The lowest BCUT2D eigenvalue weighted by atomic mass is 9.74. The number of carbonyl (C=O) groups is 1. The Bertz CT molecular complexity index is 746. The number of ether oxygens (including phenoxy) is 2. The van der Waals surface area contributed by atoms with Gasteiger partial charge in [-0.25, -0.2) is 4.79 Å². The Morgan fingerprint density at radius 3 is 2.37 bits per heavy atom. The van der Waals surface area contributed by atoms with Crippen molar-refractivity contribution in [3.63, 3.8) is 0 Å². The number of aryl methyl sites for hydroxylation is 1. The van der Waals surface area contributed by atoms with Gasteiger partial charge in [0.1, 0.15) is 0 Å². The zero-order valence-corrected chi connectivity index (χ0v) is 18.0. The predicted molar refractivity (Wildman–Crippen MR) is 120 cm³/mol. The summed E-state index contributed by atoms with van der Waals surface area (Å²) in [6.45, 7) is 3.94. The second-order valence-electron chi connectivity index (χ2n) is 7.99. The normalized spacial score (nSPS) is 15.5. The second kappa shape index (κ2) is 11.7. The van der Waals surface area contributed by atoms with E-state index in [0.717, 1.165) is 38.9 Å². The van der Waals surface area contributed by atoms with Crippen LogP contribution in [0, 0.1) is 0 Å². The van der Waals surface area contributed by atoms with Crippen molar-refractivity contribution >= 4 is 6.03 Å². The molecule has 30 heavy (non-hydrogen) atoms. The summed E-state index contributed by atoms with van der Waals surface area (Å²) in [4.78, 5) is 14.9. The number of rotatable bonds is 10. The smallest absolute Gasteiger partial charge is 0.317 e. The number of nitrogens with zero attached hydrogens (tertiary/aromatic N) is 1. The van der Waals surface area contributed by atoms with Crippen LogP contribution in [0.1, 0.15) is 30.4 Å². The lowest BCUT2D eigenvalue weighted by molar-refractivity contribution is 0.0499. The third kappa shape index (κ3) is 6.31. The third-order valence-electron chi connectivity index (χ3n) is 6.00. The first-order valence-corrected chi connectivity index (χ1v) is 10.9. The molecule has 5 nitrogen and oxygen atoms in total. The molecule has 1 heterocycles. The van der Waals surface area contributed by atoms with Crippen LogP contribution in [0.15, 0.2) is 60.7 Å². The molecule has 1 saturated heterocycles. The average molecular weight is 411 g/mol. The minimum Gasteiger partial charge on any atom is -0.383 e. The standard InChI is InChI=1S/C25H34N2O3/c1-29-20-17-27(16-8-11-22-9-4-2-5-10-22)24(28)26-21-25(14-18-30-19-15-25)23-12-6-3-7-13-23/h2-7,9-10,12-13H,8,11,14-21H2,1H3,(H,26,28). The fourth-order valence-corrected chi connectivity index (χ4v) is 4.11. The summed E-state index contributed by atoms with van der Waals surface area (Å²) >= 11 is 0. The van der Waals surface area contributed by atoms with Gasteiger partial charge in [-0.3, -0.25) is 0 Å². The summed E-state index contributed by atoms with van der Waals surface area (Å²) in [5.41, 5.74) is 2.52. The summed E-state index contributed by atoms with van der Waals surface area (Å²) in [6.07, 6.45) is 3.73. The molecule has 3 rings (SSSR count). The zero-order chi connectivity index (χ0) is 21.1. The molecule has 1 N–H and O–H groups in total. The SMILES string of the molecule is COCCN(CCCc1ccccc1)C(=O)NCC1(c2ccccc2)CCOCC1. The first-order chi connectivity index (χ1) is 14.7. The van der Waals surface area contributed by atoms with E-state index in [4.69, 9.17) is 9.47 Å². The van der Waals surface area contributed by atoms with Gasteiger partial charge in [-0.15, -0.1) is 0 Å². The third-order valence-corrected chi connectivity index (χ3v) is 6.00. The van der Waals surface area contributed by atoms with Crippen LogP contribution in [0.4, 0.5) is 4.79 Å². The van der Waals surface area contributed by atoms with E-state index in [2.05, 4.69) is 53.8 Å². The number of methoxy groups -OCH3 is 1. The van der Waals surface area contributed by atoms with Crippen LogP contribution in [0.2, 0.25) is 0 Å². The van der Waals surface area contributed by atoms with Gasteiger partial charge in [-0.1, -0.05) is 60.7 Å². The van der Waals surface area contributed by atoms with Gasteiger partial charge >= 0.3 is 6.03 Å². The lowest BCUT2D eigenvalue weighted by Gasteiger charge is -2.38. The van der Waals surface area contributed by atoms with Gasteiger partial charge in [0.2, 0.25) is 0 Å². The molecule has 1 fully saturated rings. The molecular weight excluding hydrogens is 376 g/mol. The van der Waals surface area contributed by atoms with Gasteiger partial charge in [0, 0.05) is 45.4 Å². The molecule has 2 aromatic carbocycles. The van der Waals surface area contributed by atoms with Gasteiger partial charge in [-0.05, 0) is 36.8 Å². The van der Waals surface area contributed by atoms with E-state index >= 15 is 0 Å². The lowest BCUT2D eigenvalue weighted by Crippen LogP contribution is -2.49. The Balaban J connectivity index is 1.59. The molecule has 162 valence electrons. The maximum absolute atomic E-state index is 13.0. The molecule has 0 atom stereocenters. The summed E-state index contributed by atoms with van der Waals surface area (Å²) in [5, 5.41) is 3.23. The van der Waals surface area contributed by atoms with E-state index in [1.54, 1.807) is 7.11 Å². The number of urea groups is 1. The monoisotopic (exact) mass is 410 g/mol. The Morgan fingerprint density at radius 2 is 1.70 bits per heavy atom. The molecule has 0 aliphatic carbocycles.